The second-order valence-electron chi connectivity index (χ2n) is 4.40. The highest BCUT2D eigenvalue weighted by Crippen LogP contribution is 2.20. The summed E-state index contributed by atoms with van der Waals surface area (Å²) in [6.45, 7) is 5.56. The van der Waals surface area contributed by atoms with Gasteiger partial charge in [0.1, 0.15) is 5.82 Å². The number of rotatable bonds is 7. The van der Waals surface area contributed by atoms with Crippen molar-refractivity contribution < 1.29 is 14.2 Å². The number of halogens is 1. The van der Waals surface area contributed by atoms with Gasteiger partial charge in [-0.2, -0.15) is 0 Å². The van der Waals surface area contributed by atoms with Gasteiger partial charge in [-0.1, -0.05) is 12.1 Å². The molecule has 0 aliphatic heterocycles. The summed E-state index contributed by atoms with van der Waals surface area (Å²) in [5, 5.41) is 11.8. The van der Waals surface area contributed by atoms with Gasteiger partial charge in [0.05, 0.1) is 19.8 Å². The van der Waals surface area contributed by atoms with Crippen molar-refractivity contribution in [1.82, 2.24) is 5.32 Å². The van der Waals surface area contributed by atoms with E-state index in [1.165, 1.54) is 12.1 Å². The molecule has 1 aromatic carbocycles. The molecule has 0 unspecified atom stereocenters. The molecule has 17 heavy (non-hydrogen) atoms. The van der Waals surface area contributed by atoms with Gasteiger partial charge >= 0.3 is 0 Å². The number of hydrogen-bond acceptors (Lipinski definition) is 3. The fourth-order valence-electron chi connectivity index (χ4n) is 1.58. The van der Waals surface area contributed by atoms with E-state index in [2.05, 4.69) is 5.32 Å². The molecule has 0 aliphatic rings. The second-order valence-corrected chi connectivity index (χ2v) is 4.40. The van der Waals surface area contributed by atoms with Crippen molar-refractivity contribution in [3.63, 3.8) is 0 Å². The van der Waals surface area contributed by atoms with Gasteiger partial charge in [0.25, 0.3) is 0 Å². The molecule has 0 radical (unpaired) electrons. The van der Waals surface area contributed by atoms with Gasteiger partial charge in [0, 0.05) is 12.1 Å². The predicted molar refractivity (Wildman–Crippen MR) is 65.3 cm³/mol. The topological polar surface area (TPSA) is 41.5 Å². The number of hydrogen-bond donors (Lipinski definition) is 2. The van der Waals surface area contributed by atoms with Gasteiger partial charge in [0.15, 0.2) is 0 Å². The number of benzene rings is 1. The van der Waals surface area contributed by atoms with Gasteiger partial charge in [-0.15, -0.1) is 0 Å². The Bertz CT molecular complexity index is 342. The van der Waals surface area contributed by atoms with E-state index in [0.29, 0.717) is 19.8 Å². The minimum Gasteiger partial charge on any atom is -0.394 e. The second kappa shape index (κ2) is 6.69. The van der Waals surface area contributed by atoms with Gasteiger partial charge in [-0.3, -0.25) is 0 Å². The fourth-order valence-corrected chi connectivity index (χ4v) is 1.58. The van der Waals surface area contributed by atoms with Gasteiger partial charge in [0.2, 0.25) is 0 Å². The van der Waals surface area contributed by atoms with Crippen molar-refractivity contribution in [2.45, 2.75) is 19.4 Å². The minimum absolute atomic E-state index is 0.0350. The van der Waals surface area contributed by atoms with Crippen LogP contribution < -0.4 is 5.32 Å². The third-order valence-electron chi connectivity index (χ3n) is 2.60. The first kappa shape index (κ1) is 14.1. The Labute approximate surface area is 102 Å². The minimum atomic E-state index is -0.301. The summed E-state index contributed by atoms with van der Waals surface area (Å²) in [7, 11) is 0. The summed E-state index contributed by atoms with van der Waals surface area (Å²) in [5.74, 6) is -0.228. The molecular formula is C13H20FNO2. The van der Waals surface area contributed by atoms with Crippen LogP contribution >= 0.6 is 0 Å². The molecule has 0 spiro atoms. The quantitative estimate of drug-likeness (QED) is 0.713. The summed E-state index contributed by atoms with van der Waals surface area (Å²) in [4.78, 5) is 0. The van der Waals surface area contributed by atoms with Crippen molar-refractivity contribution >= 4 is 0 Å². The molecule has 0 saturated heterocycles. The molecular weight excluding hydrogens is 221 g/mol. The van der Waals surface area contributed by atoms with Crippen LogP contribution in [0.4, 0.5) is 4.39 Å². The zero-order valence-corrected chi connectivity index (χ0v) is 10.4. The van der Waals surface area contributed by atoms with E-state index < -0.39 is 0 Å². The van der Waals surface area contributed by atoms with E-state index in [4.69, 9.17) is 9.84 Å². The maximum Gasteiger partial charge on any atom is 0.123 e. The molecule has 0 fully saturated rings. The average Bonchev–Trinajstić information content (AvgIpc) is 2.29. The molecule has 4 heteroatoms. The SMILES string of the molecule is CC(C)(NCCOCCO)c1cccc(F)c1. The van der Waals surface area contributed by atoms with Crippen LogP contribution in [0.3, 0.4) is 0 Å². The summed E-state index contributed by atoms with van der Waals surface area (Å²) in [6, 6.07) is 6.56. The van der Waals surface area contributed by atoms with Crippen LogP contribution in [0.15, 0.2) is 24.3 Å². The lowest BCUT2D eigenvalue weighted by Crippen LogP contribution is -2.38. The molecule has 3 nitrogen and oxygen atoms in total. The molecule has 1 aromatic rings. The highest BCUT2D eigenvalue weighted by atomic mass is 19.1. The van der Waals surface area contributed by atoms with Crippen LogP contribution in [-0.4, -0.2) is 31.5 Å². The van der Waals surface area contributed by atoms with E-state index in [-0.39, 0.29) is 18.0 Å². The Hall–Kier alpha value is -0.970. The van der Waals surface area contributed by atoms with Crippen molar-refractivity contribution in [3.05, 3.63) is 35.6 Å². The van der Waals surface area contributed by atoms with Crippen LogP contribution in [0.5, 0.6) is 0 Å². The Balaban J connectivity index is 2.45. The Morgan fingerprint density at radius 3 is 2.76 bits per heavy atom. The number of nitrogens with one attached hydrogen (secondary N) is 1. The summed E-state index contributed by atoms with van der Waals surface area (Å²) < 4.78 is 18.3. The molecule has 0 bridgehead atoms. The number of aliphatic hydroxyl groups excluding tert-OH is 1. The largest absolute Gasteiger partial charge is 0.394 e. The highest BCUT2D eigenvalue weighted by molar-refractivity contribution is 5.23. The molecule has 0 heterocycles. The molecule has 0 amide bonds. The first-order valence-electron chi connectivity index (χ1n) is 5.76. The fraction of sp³-hybridized carbons (Fsp3) is 0.538. The van der Waals surface area contributed by atoms with Crippen molar-refractivity contribution in [3.8, 4) is 0 Å². The third kappa shape index (κ3) is 4.81. The van der Waals surface area contributed by atoms with Crippen LogP contribution in [0.2, 0.25) is 0 Å². The standard InChI is InChI=1S/C13H20FNO2/c1-13(2,15-6-8-17-9-7-16)11-4-3-5-12(14)10-11/h3-5,10,15-16H,6-9H2,1-2H3. The molecule has 2 N–H and O–H groups in total. The van der Waals surface area contributed by atoms with Crippen molar-refractivity contribution in [2.75, 3.05) is 26.4 Å². The van der Waals surface area contributed by atoms with Gasteiger partial charge < -0.3 is 15.2 Å². The molecule has 0 aromatic heterocycles. The maximum absolute atomic E-state index is 13.1. The smallest absolute Gasteiger partial charge is 0.123 e. The maximum atomic E-state index is 13.1. The molecule has 0 saturated carbocycles. The van der Waals surface area contributed by atoms with Gasteiger partial charge in [-0.25, -0.2) is 4.39 Å². The molecule has 0 atom stereocenters. The van der Waals surface area contributed by atoms with Crippen LogP contribution in [0.25, 0.3) is 0 Å². The molecule has 96 valence electrons. The van der Waals surface area contributed by atoms with Gasteiger partial charge in [-0.05, 0) is 31.5 Å². The average molecular weight is 241 g/mol. The predicted octanol–water partition coefficient (Wildman–Crippen LogP) is 1.66. The summed E-state index contributed by atoms with van der Waals surface area (Å²) in [5.41, 5.74) is 0.602. The van der Waals surface area contributed by atoms with E-state index in [0.717, 1.165) is 5.56 Å². The van der Waals surface area contributed by atoms with Crippen LogP contribution in [0.1, 0.15) is 19.4 Å². The Morgan fingerprint density at radius 2 is 2.12 bits per heavy atom. The van der Waals surface area contributed by atoms with Crippen LogP contribution in [-0.2, 0) is 10.3 Å². The zero-order valence-electron chi connectivity index (χ0n) is 10.4. The lowest BCUT2D eigenvalue weighted by molar-refractivity contribution is 0.0903. The lowest BCUT2D eigenvalue weighted by Gasteiger charge is -2.27. The first-order valence-corrected chi connectivity index (χ1v) is 5.76. The van der Waals surface area contributed by atoms with E-state index in [1.807, 2.05) is 19.9 Å². The monoisotopic (exact) mass is 241 g/mol. The van der Waals surface area contributed by atoms with Crippen molar-refractivity contribution in [1.29, 1.82) is 0 Å². The summed E-state index contributed by atoms with van der Waals surface area (Å²) >= 11 is 0. The molecule has 0 aliphatic carbocycles. The van der Waals surface area contributed by atoms with E-state index in [9.17, 15) is 4.39 Å². The normalized spacial score (nSPS) is 11.8. The van der Waals surface area contributed by atoms with Crippen molar-refractivity contribution in [2.24, 2.45) is 0 Å². The lowest BCUT2D eigenvalue weighted by atomic mass is 9.94. The highest BCUT2D eigenvalue weighted by Gasteiger charge is 2.19. The first-order chi connectivity index (χ1) is 8.06. The number of aliphatic hydroxyl groups is 1. The summed E-state index contributed by atoms with van der Waals surface area (Å²) in [6.07, 6.45) is 0. The van der Waals surface area contributed by atoms with E-state index >= 15 is 0 Å². The number of ether oxygens (including phenoxy) is 1. The Kier molecular flexibility index (Phi) is 5.55. The van der Waals surface area contributed by atoms with Crippen LogP contribution in [0, 0.1) is 5.82 Å². The molecule has 1 rings (SSSR count). The Morgan fingerprint density at radius 1 is 1.35 bits per heavy atom. The third-order valence-corrected chi connectivity index (χ3v) is 2.60. The zero-order chi connectivity index (χ0) is 12.7. The van der Waals surface area contributed by atoms with E-state index in [1.54, 1.807) is 6.07 Å².